The standard InChI is InChI=1S/C23H30N4O3/c28-20-5-1-3-16-6-7-21(25-22(16)20)26-11-8-17(9-12-26)23(29)24-13-19-14-27-10-2-4-18(27)15-30-19/h1,3,5-7,17-19,28H,2,4,8-15H2,(H,24,29). The Bertz CT molecular complexity index is 912. The summed E-state index contributed by atoms with van der Waals surface area (Å²) < 4.78 is 5.96. The number of morpholine rings is 1. The van der Waals surface area contributed by atoms with E-state index < -0.39 is 0 Å². The number of nitrogens with zero attached hydrogens (tertiary/aromatic N) is 3. The zero-order chi connectivity index (χ0) is 20.5. The molecule has 3 saturated heterocycles. The lowest BCUT2D eigenvalue weighted by molar-refractivity contribution is -0.127. The van der Waals surface area contributed by atoms with Gasteiger partial charge in [0, 0.05) is 43.5 Å². The van der Waals surface area contributed by atoms with Crippen LogP contribution < -0.4 is 10.2 Å². The summed E-state index contributed by atoms with van der Waals surface area (Å²) >= 11 is 0. The first-order chi connectivity index (χ1) is 14.7. The van der Waals surface area contributed by atoms with Crippen molar-refractivity contribution < 1.29 is 14.6 Å². The van der Waals surface area contributed by atoms with Crippen molar-refractivity contribution >= 4 is 22.6 Å². The summed E-state index contributed by atoms with van der Waals surface area (Å²) in [6.07, 6.45) is 4.23. The van der Waals surface area contributed by atoms with Crippen LogP contribution in [-0.4, -0.2) is 72.4 Å². The van der Waals surface area contributed by atoms with Gasteiger partial charge in [-0.1, -0.05) is 12.1 Å². The summed E-state index contributed by atoms with van der Waals surface area (Å²) in [5.74, 6) is 1.25. The second-order valence-electron chi connectivity index (χ2n) is 8.77. The highest BCUT2D eigenvalue weighted by Gasteiger charge is 2.33. The fourth-order valence-electron chi connectivity index (χ4n) is 5.04. The number of benzene rings is 1. The number of amides is 1. The molecule has 5 rings (SSSR count). The Morgan fingerprint density at radius 1 is 1.17 bits per heavy atom. The number of hydrogen-bond acceptors (Lipinski definition) is 6. The number of phenols is 1. The van der Waals surface area contributed by atoms with E-state index in [-0.39, 0.29) is 23.7 Å². The van der Waals surface area contributed by atoms with Crippen LogP contribution in [0, 0.1) is 5.92 Å². The average Bonchev–Trinajstić information content (AvgIpc) is 3.26. The monoisotopic (exact) mass is 410 g/mol. The van der Waals surface area contributed by atoms with Crippen molar-refractivity contribution in [2.24, 2.45) is 5.92 Å². The Hall–Kier alpha value is -2.38. The molecule has 7 nitrogen and oxygen atoms in total. The van der Waals surface area contributed by atoms with Crippen LogP contribution in [0.25, 0.3) is 10.9 Å². The van der Waals surface area contributed by atoms with Gasteiger partial charge >= 0.3 is 0 Å². The van der Waals surface area contributed by atoms with Gasteiger partial charge in [0.15, 0.2) is 0 Å². The second-order valence-corrected chi connectivity index (χ2v) is 8.77. The highest BCUT2D eigenvalue weighted by molar-refractivity contribution is 5.85. The third kappa shape index (κ3) is 3.96. The van der Waals surface area contributed by atoms with Gasteiger partial charge in [-0.2, -0.15) is 0 Å². The number of aromatic nitrogens is 1. The average molecular weight is 411 g/mol. The predicted octanol–water partition coefficient (Wildman–Crippen LogP) is 2.14. The Morgan fingerprint density at radius 3 is 2.90 bits per heavy atom. The van der Waals surface area contributed by atoms with E-state index in [2.05, 4.69) is 20.1 Å². The Kier molecular flexibility index (Phi) is 5.48. The molecule has 4 heterocycles. The third-order valence-electron chi connectivity index (χ3n) is 6.84. The summed E-state index contributed by atoms with van der Waals surface area (Å²) in [6.45, 7) is 5.08. The molecule has 0 spiro atoms. The van der Waals surface area contributed by atoms with Crippen LogP contribution in [0.4, 0.5) is 5.82 Å². The number of piperidine rings is 1. The summed E-state index contributed by atoms with van der Waals surface area (Å²) in [5.41, 5.74) is 0.627. The highest BCUT2D eigenvalue weighted by atomic mass is 16.5. The van der Waals surface area contributed by atoms with Crippen LogP contribution in [0.3, 0.4) is 0 Å². The smallest absolute Gasteiger partial charge is 0.223 e. The molecule has 0 bridgehead atoms. The first-order valence-corrected chi connectivity index (χ1v) is 11.1. The summed E-state index contributed by atoms with van der Waals surface area (Å²) in [6, 6.07) is 10.0. The van der Waals surface area contributed by atoms with E-state index in [1.165, 1.54) is 12.8 Å². The Balaban J connectivity index is 1.12. The lowest BCUT2D eigenvalue weighted by atomic mass is 9.95. The minimum atomic E-state index is 0.0400. The molecule has 30 heavy (non-hydrogen) atoms. The van der Waals surface area contributed by atoms with Crippen molar-refractivity contribution in [1.29, 1.82) is 0 Å². The number of phenolic OH excluding ortho intramolecular Hbond substituents is 1. The molecule has 2 N–H and O–H groups in total. The highest BCUT2D eigenvalue weighted by Crippen LogP contribution is 2.28. The van der Waals surface area contributed by atoms with Gasteiger partial charge in [0.25, 0.3) is 0 Å². The Morgan fingerprint density at radius 2 is 2.03 bits per heavy atom. The van der Waals surface area contributed by atoms with Crippen molar-refractivity contribution in [3.63, 3.8) is 0 Å². The molecule has 3 aliphatic heterocycles. The summed E-state index contributed by atoms with van der Waals surface area (Å²) in [7, 11) is 0. The van der Waals surface area contributed by atoms with Gasteiger partial charge in [0.1, 0.15) is 17.1 Å². The number of ether oxygens (including phenoxy) is 1. The maximum Gasteiger partial charge on any atom is 0.223 e. The van der Waals surface area contributed by atoms with Gasteiger partial charge in [-0.15, -0.1) is 0 Å². The molecule has 0 radical (unpaired) electrons. The minimum Gasteiger partial charge on any atom is -0.506 e. The molecule has 2 unspecified atom stereocenters. The van der Waals surface area contributed by atoms with E-state index in [0.29, 0.717) is 18.1 Å². The van der Waals surface area contributed by atoms with E-state index in [9.17, 15) is 9.90 Å². The van der Waals surface area contributed by atoms with Crippen molar-refractivity contribution in [3.8, 4) is 5.75 Å². The molecule has 2 atom stereocenters. The van der Waals surface area contributed by atoms with E-state index >= 15 is 0 Å². The predicted molar refractivity (Wildman–Crippen MR) is 116 cm³/mol. The van der Waals surface area contributed by atoms with Crippen LogP contribution in [0.2, 0.25) is 0 Å². The van der Waals surface area contributed by atoms with Crippen molar-refractivity contribution in [2.75, 3.05) is 44.2 Å². The molecule has 2 aromatic rings. The number of anilines is 1. The molecule has 3 aliphatic rings. The topological polar surface area (TPSA) is 77.9 Å². The van der Waals surface area contributed by atoms with Gasteiger partial charge < -0.3 is 20.1 Å². The number of fused-ring (bicyclic) bond motifs is 2. The number of aromatic hydroxyl groups is 1. The number of pyridine rings is 1. The van der Waals surface area contributed by atoms with E-state index in [1.807, 2.05) is 24.3 Å². The van der Waals surface area contributed by atoms with Crippen molar-refractivity contribution in [2.45, 2.75) is 37.8 Å². The van der Waals surface area contributed by atoms with Crippen LogP contribution in [0.1, 0.15) is 25.7 Å². The molecular weight excluding hydrogens is 380 g/mol. The first-order valence-electron chi connectivity index (χ1n) is 11.1. The Labute approximate surface area is 177 Å². The van der Waals surface area contributed by atoms with Gasteiger partial charge in [0.2, 0.25) is 5.91 Å². The van der Waals surface area contributed by atoms with Crippen LogP contribution in [0.15, 0.2) is 30.3 Å². The maximum absolute atomic E-state index is 12.7. The largest absolute Gasteiger partial charge is 0.506 e. The zero-order valence-corrected chi connectivity index (χ0v) is 17.3. The van der Waals surface area contributed by atoms with Crippen molar-refractivity contribution in [3.05, 3.63) is 30.3 Å². The molecular formula is C23H30N4O3. The lowest BCUT2D eigenvalue weighted by Crippen LogP contribution is -2.51. The van der Waals surface area contributed by atoms with Gasteiger partial charge in [-0.3, -0.25) is 9.69 Å². The number of carbonyl (C=O) groups excluding carboxylic acids is 1. The van der Waals surface area contributed by atoms with E-state index in [1.54, 1.807) is 6.07 Å². The molecule has 3 fully saturated rings. The quantitative estimate of drug-likeness (QED) is 0.804. The molecule has 0 aliphatic carbocycles. The first kappa shape index (κ1) is 19.6. The van der Waals surface area contributed by atoms with Gasteiger partial charge in [-0.05, 0) is 50.4 Å². The summed E-state index contributed by atoms with van der Waals surface area (Å²) in [5, 5.41) is 14.1. The fourth-order valence-corrected chi connectivity index (χ4v) is 5.04. The SMILES string of the molecule is O=C(NCC1CN2CCCC2CO1)C1CCN(c2ccc3cccc(O)c3n2)CC1. The molecule has 0 saturated carbocycles. The van der Waals surface area contributed by atoms with Gasteiger partial charge in [0.05, 0.1) is 12.7 Å². The number of carbonyl (C=O) groups is 1. The fraction of sp³-hybridized carbons (Fsp3) is 0.565. The number of para-hydroxylation sites is 1. The third-order valence-corrected chi connectivity index (χ3v) is 6.84. The van der Waals surface area contributed by atoms with Crippen LogP contribution >= 0.6 is 0 Å². The molecule has 1 aromatic heterocycles. The van der Waals surface area contributed by atoms with Crippen molar-refractivity contribution in [1.82, 2.24) is 15.2 Å². The van der Waals surface area contributed by atoms with E-state index in [4.69, 9.17) is 4.74 Å². The summed E-state index contributed by atoms with van der Waals surface area (Å²) in [4.78, 5) is 22.0. The van der Waals surface area contributed by atoms with Gasteiger partial charge in [-0.25, -0.2) is 4.98 Å². The molecule has 1 amide bonds. The number of hydrogen-bond donors (Lipinski definition) is 2. The van der Waals surface area contributed by atoms with E-state index in [0.717, 1.165) is 56.8 Å². The zero-order valence-electron chi connectivity index (χ0n) is 17.3. The number of rotatable bonds is 4. The van der Waals surface area contributed by atoms with Crippen LogP contribution in [0.5, 0.6) is 5.75 Å². The lowest BCUT2D eigenvalue weighted by Gasteiger charge is -2.36. The minimum absolute atomic E-state index is 0.0400. The van der Waals surface area contributed by atoms with Crippen LogP contribution in [-0.2, 0) is 9.53 Å². The normalized spacial score (nSPS) is 25.4. The molecule has 160 valence electrons. The number of nitrogens with one attached hydrogen (secondary N) is 1. The molecule has 7 heteroatoms. The molecule has 1 aromatic carbocycles. The maximum atomic E-state index is 12.7. The second kappa shape index (κ2) is 8.40.